The number of allylic oxidation sites excluding steroid dienone is 2. The van der Waals surface area contributed by atoms with E-state index in [0.717, 1.165) is 24.2 Å². The SMILES string of the molecule is C[N+]12C=CN=CC1=C(C1CCN(C(=O)O)CC1)N=C2. The Labute approximate surface area is 111 Å². The Morgan fingerprint density at radius 2 is 2.21 bits per heavy atom. The van der Waals surface area contributed by atoms with Gasteiger partial charge in [-0.05, 0) is 12.8 Å². The molecule has 3 aliphatic heterocycles. The van der Waals surface area contributed by atoms with Crippen LogP contribution < -0.4 is 0 Å². The maximum absolute atomic E-state index is 10.9. The lowest BCUT2D eigenvalue weighted by Gasteiger charge is -2.30. The summed E-state index contributed by atoms with van der Waals surface area (Å²) in [6, 6.07) is 0. The van der Waals surface area contributed by atoms with E-state index in [2.05, 4.69) is 17.0 Å². The van der Waals surface area contributed by atoms with Crippen molar-refractivity contribution in [3.05, 3.63) is 23.8 Å². The van der Waals surface area contributed by atoms with Crippen molar-refractivity contribution in [2.75, 3.05) is 20.1 Å². The predicted octanol–water partition coefficient (Wildman–Crippen LogP) is 1.63. The lowest BCUT2D eigenvalue weighted by molar-refractivity contribution is -0.706. The minimum Gasteiger partial charge on any atom is -0.465 e. The molecule has 19 heavy (non-hydrogen) atoms. The van der Waals surface area contributed by atoms with E-state index in [1.807, 2.05) is 18.8 Å². The van der Waals surface area contributed by atoms with Crippen LogP contribution in [0.3, 0.4) is 0 Å². The van der Waals surface area contributed by atoms with E-state index in [-0.39, 0.29) is 0 Å². The normalized spacial score (nSPS) is 30.1. The lowest BCUT2D eigenvalue weighted by Crippen LogP contribution is -2.39. The fourth-order valence-corrected chi connectivity index (χ4v) is 2.82. The average molecular weight is 261 g/mol. The number of likely N-dealkylation sites (tertiary alicyclic amines) is 1. The van der Waals surface area contributed by atoms with Crippen molar-refractivity contribution in [1.82, 2.24) is 4.90 Å². The van der Waals surface area contributed by atoms with Gasteiger partial charge in [-0.2, -0.15) is 0 Å². The van der Waals surface area contributed by atoms with Crippen LogP contribution in [0.4, 0.5) is 4.79 Å². The second-order valence-electron chi connectivity index (χ2n) is 5.28. The summed E-state index contributed by atoms with van der Waals surface area (Å²) >= 11 is 0. The summed E-state index contributed by atoms with van der Waals surface area (Å²) in [7, 11) is 2.07. The third-order valence-corrected chi connectivity index (χ3v) is 4.03. The van der Waals surface area contributed by atoms with Gasteiger partial charge in [-0.25, -0.2) is 14.3 Å². The number of aliphatic imine (C=N–C) groups is 2. The van der Waals surface area contributed by atoms with Crippen molar-refractivity contribution >= 4 is 18.6 Å². The molecule has 1 fully saturated rings. The van der Waals surface area contributed by atoms with Crippen molar-refractivity contribution in [3.8, 4) is 0 Å². The van der Waals surface area contributed by atoms with Crippen LogP contribution in [-0.4, -0.2) is 53.3 Å². The first-order valence-electron chi connectivity index (χ1n) is 6.45. The van der Waals surface area contributed by atoms with E-state index >= 15 is 0 Å². The third kappa shape index (κ3) is 1.98. The maximum atomic E-state index is 10.9. The smallest absolute Gasteiger partial charge is 0.407 e. The number of nitrogens with zero attached hydrogens (tertiary/aromatic N) is 4. The van der Waals surface area contributed by atoms with Gasteiger partial charge < -0.3 is 10.0 Å². The second-order valence-corrected chi connectivity index (χ2v) is 5.28. The molecule has 0 spiro atoms. The Hall–Kier alpha value is -1.95. The average Bonchev–Trinajstić information content (AvgIpc) is 2.76. The fourth-order valence-electron chi connectivity index (χ4n) is 2.82. The third-order valence-electron chi connectivity index (χ3n) is 4.03. The fraction of sp³-hybridized carbons (Fsp3) is 0.462. The summed E-state index contributed by atoms with van der Waals surface area (Å²) in [5.41, 5.74) is 2.18. The molecule has 0 radical (unpaired) electrons. The molecule has 6 nitrogen and oxygen atoms in total. The number of rotatable bonds is 1. The zero-order valence-corrected chi connectivity index (χ0v) is 10.9. The van der Waals surface area contributed by atoms with E-state index < -0.39 is 6.09 Å². The molecule has 0 aromatic carbocycles. The molecule has 3 heterocycles. The van der Waals surface area contributed by atoms with Gasteiger partial charge in [-0.1, -0.05) is 0 Å². The Morgan fingerprint density at radius 3 is 2.89 bits per heavy atom. The first-order chi connectivity index (χ1) is 9.10. The van der Waals surface area contributed by atoms with E-state index in [0.29, 0.717) is 23.5 Å². The molecule has 1 saturated heterocycles. The summed E-state index contributed by atoms with van der Waals surface area (Å²) in [5, 5.41) is 8.97. The molecule has 100 valence electrons. The van der Waals surface area contributed by atoms with Crippen LogP contribution in [0.25, 0.3) is 0 Å². The van der Waals surface area contributed by atoms with Gasteiger partial charge in [-0.15, -0.1) is 0 Å². The van der Waals surface area contributed by atoms with E-state index in [1.165, 1.54) is 4.90 Å². The highest BCUT2D eigenvalue weighted by Gasteiger charge is 2.37. The van der Waals surface area contributed by atoms with E-state index in [1.54, 1.807) is 6.20 Å². The Bertz CT molecular complexity index is 527. The van der Waals surface area contributed by atoms with Gasteiger partial charge in [0.05, 0.1) is 19.5 Å². The molecule has 0 saturated carbocycles. The quantitative estimate of drug-likeness (QED) is 0.729. The molecule has 0 bridgehead atoms. The number of carboxylic acid groups (broad SMARTS) is 1. The molecule has 0 aromatic heterocycles. The predicted molar refractivity (Wildman–Crippen MR) is 71.7 cm³/mol. The molecule has 1 N–H and O–H groups in total. The highest BCUT2D eigenvalue weighted by Crippen LogP contribution is 2.34. The number of fused-ring (bicyclic) bond motifs is 1. The maximum Gasteiger partial charge on any atom is 0.407 e. The number of amides is 1. The Kier molecular flexibility index (Phi) is 2.74. The minimum absolute atomic E-state index is 0.333. The second kappa shape index (κ2) is 4.31. The molecule has 6 heteroatoms. The molecule has 1 atom stereocenters. The molecule has 3 rings (SSSR count). The zero-order valence-electron chi connectivity index (χ0n) is 10.9. The van der Waals surface area contributed by atoms with Gasteiger partial charge in [-0.3, -0.25) is 4.99 Å². The van der Waals surface area contributed by atoms with Crippen LogP contribution in [0.1, 0.15) is 12.8 Å². The summed E-state index contributed by atoms with van der Waals surface area (Å²) in [6.07, 6.45) is 8.40. The number of quaternary nitrogens is 1. The molecule has 1 amide bonds. The monoisotopic (exact) mass is 261 g/mol. The Morgan fingerprint density at radius 1 is 1.47 bits per heavy atom. The highest BCUT2D eigenvalue weighted by atomic mass is 16.4. The van der Waals surface area contributed by atoms with Gasteiger partial charge in [0.2, 0.25) is 0 Å². The molecule has 1 unspecified atom stereocenters. The van der Waals surface area contributed by atoms with E-state index in [4.69, 9.17) is 5.11 Å². The van der Waals surface area contributed by atoms with Gasteiger partial charge in [0.25, 0.3) is 0 Å². The Balaban J connectivity index is 1.80. The summed E-state index contributed by atoms with van der Waals surface area (Å²) in [6.45, 7) is 1.17. The first-order valence-corrected chi connectivity index (χ1v) is 6.45. The van der Waals surface area contributed by atoms with Crippen LogP contribution in [-0.2, 0) is 0 Å². The van der Waals surface area contributed by atoms with Crippen LogP contribution in [0, 0.1) is 5.92 Å². The van der Waals surface area contributed by atoms with Crippen LogP contribution in [0.2, 0.25) is 0 Å². The van der Waals surface area contributed by atoms with Crippen molar-refractivity contribution in [3.63, 3.8) is 0 Å². The van der Waals surface area contributed by atoms with Crippen molar-refractivity contribution in [2.24, 2.45) is 15.9 Å². The molecule has 0 aliphatic carbocycles. The summed E-state index contributed by atoms with van der Waals surface area (Å²) < 4.78 is 0.567. The topological polar surface area (TPSA) is 65.3 Å². The first kappa shape index (κ1) is 12.1. The summed E-state index contributed by atoms with van der Waals surface area (Å²) in [4.78, 5) is 21.1. The largest absolute Gasteiger partial charge is 0.465 e. The molecule has 0 aromatic rings. The van der Waals surface area contributed by atoms with Gasteiger partial charge in [0.1, 0.15) is 11.9 Å². The van der Waals surface area contributed by atoms with Crippen LogP contribution in [0.15, 0.2) is 33.8 Å². The molecular formula is C13H17N4O2+. The van der Waals surface area contributed by atoms with Crippen LogP contribution in [0.5, 0.6) is 0 Å². The number of hydrogen-bond acceptors (Lipinski definition) is 3. The molecule has 3 aliphatic rings. The molecular weight excluding hydrogens is 244 g/mol. The van der Waals surface area contributed by atoms with Gasteiger partial charge in [0, 0.05) is 19.0 Å². The zero-order chi connectivity index (χ0) is 13.5. The number of hydrogen-bond donors (Lipinski definition) is 1. The lowest BCUT2D eigenvalue weighted by atomic mass is 9.92. The van der Waals surface area contributed by atoms with Gasteiger partial charge >= 0.3 is 6.09 Å². The van der Waals surface area contributed by atoms with E-state index in [9.17, 15) is 4.79 Å². The van der Waals surface area contributed by atoms with Crippen LogP contribution >= 0.6 is 0 Å². The number of carbonyl (C=O) groups is 1. The van der Waals surface area contributed by atoms with Crippen molar-refractivity contribution in [2.45, 2.75) is 12.8 Å². The van der Waals surface area contributed by atoms with Crippen molar-refractivity contribution in [1.29, 1.82) is 0 Å². The highest BCUT2D eigenvalue weighted by molar-refractivity contribution is 5.83. The minimum atomic E-state index is -0.825. The van der Waals surface area contributed by atoms with Crippen molar-refractivity contribution < 1.29 is 14.4 Å². The van der Waals surface area contributed by atoms with Gasteiger partial charge in [0.15, 0.2) is 12.0 Å². The number of piperidine rings is 1. The standard InChI is InChI=1S/C13H16N4O2/c1-17-7-4-14-8-11(17)12(15-9-17)10-2-5-16(6-3-10)13(18)19/h4,7-10H,2-3,5-6H2,1H3/p+1. The summed E-state index contributed by atoms with van der Waals surface area (Å²) in [5.74, 6) is 0.333.